The second-order valence-electron chi connectivity index (χ2n) is 3.70. The molecule has 1 unspecified atom stereocenters. The number of carbonyl (C=O) groups excluding carboxylic acids is 1. The normalized spacial score (nSPS) is 12.2. The average Bonchev–Trinajstić information content (AvgIpc) is 2.33. The number of benzene rings is 1. The molecule has 0 aromatic heterocycles. The number of amides is 1. The van der Waals surface area contributed by atoms with E-state index < -0.39 is 5.82 Å². The minimum absolute atomic E-state index is 0.157. The van der Waals surface area contributed by atoms with Crippen molar-refractivity contribution >= 4 is 33.4 Å². The van der Waals surface area contributed by atoms with Crippen molar-refractivity contribution in [2.24, 2.45) is 0 Å². The van der Waals surface area contributed by atoms with Gasteiger partial charge in [0, 0.05) is 13.0 Å². The molecule has 0 saturated heterocycles. The Labute approximate surface area is 119 Å². The van der Waals surface area contributed by atoms with E-state index in [1.165, 1.54) is 12.1 Å². The van der Waals surface area contributed by atoms with Crippen LogP contribution in [0.3, 0.4) is 0 Å². The lowest BCUT2D eigenvalue weighted by atomic mass is 10.1. The molecule has 3 nitrogen and oxygen atoms in total. The molecule has 0 heterocycles. The molecule has 0 bridgehead atoms. The molecular weight excluding hydrogens is 324 g/mol. The third kappa shape index (κ3) is 4.23. The van der Waals surface area contributed by atoms with Gasteiger partial charge in [-0.25, -0.2) is 4.39 Å². The van der Waals surface area contributed by atoms with E-state index in [1.807, 2.05) is 0 Å². The monoisotopic (exact) mass is 337 g/mol. The zero-order chi connectivity index (χ0) is 13.5. The Bertz CT molecular complexity index is 411. The van der Waals surface area contributed by atoms with Crippen LogP contribution in [0.5, 0.6) is 0 Å². The van der Waals surface area contributed by atoms with E-state index in [9.17, 15) is 9.18 Å². The van der Waals surface area contributed by atoms with E-state index in [0.29, 0.717) is 18.9 Å². The van der Waals surface area contributed by atoms with Crippen molar-refractivity contribution in [3.8, 4) is 0 Å². The number of halogens is 3. The highest BCUT2D eigenvalue weighted by atomic mass is 79.9. The summed E-state index contributed by atoms with van der Waals surface area (Å²) < 4.78 is 18.4. The molecule has 1 amide bonds. The van der Waals surface area contributed by atoms with Crippen LogP contribution in [-0.4, -0.2) is 31.5 Å². The summed E-state index contributed by atoms with van der Waals surface area (Å²) in [6, 6.07) is 4.14. The minimum Gasteiger partial charge on any atom is -0.383 e. The molecule has 1 aromatic rings. The minimum atomic E-state index is -0.469. The van der Waals surface area contributed by atoms with Crippen LogP contribution >= 0.6 is 27.5 Å². The third-order valence-corrected chi connectivity index (χ3v) is 3.38. The smallest absolute Gasteiger partial charge is 0.252 e. The zero-order valence-electron chi connectivity index (χ0n) is 9.88. The lowest BCUT2D eigenvalue weighted by Crippen LogP contribution is -2.38. The zero-order valence-corrected chi connectivity index (χ0v) is 12.2. The van der Waals surface area contributed by atoms with Gasteiger partial charge >= 0.3 is 0 Å². The lowest BCUT2D eigenvalue weighted by Gasteiger charge is -2.17. The highest BCUT2D eigenvalue weighted by molar-refractivity contribution is 9.10. The summed E-state index contributed by atoms with van der Waals surface area (Å²) >= 11 is 8.70. The first-order valence-electron chi connectivity index (χ1n) is 5.40. The molecule has 0 aliphatic rings. The highest BCUT2D eigenvalue weighted by Gasteiger charge is 2.17. The maximum Gasteiger partial charge on any atom is 0.252 e. The van der Waals surface area contributed by atoms with Gasteiger partial charge in [-0.15, -0.1) is 11.6 Å². The van der Waals surface area contributed by atoms with Crippen LogP contribution in [0.15, 0.2) is 22.7 Å². The molecule has 100 valence electrons. The van der Waals surface area contributed by atoms with E-state index in [1.54, 1.807) is 13.2 Å². The molecular formula is C12H14BrClFNO2. The van der Waals surface area contributed by atoms with E-state index in [4.69, 9.17) is 16.3 Å². The second-order valence-corrected chi connectivity index (χ2v) is 4.88. The number of hydrogen-bond acceptors (Lipinski definition) is 2. The number of hydrogen-bond donors (Lipinski definition) is 1. The Balaban J connectivity index is 2.77. The van der Waals surface area contributed by atoms with Gasteiger partial charge in [-0.1, -0.05) is 6.07 Å². The Morgan fingerprint density at radius 3 is 2.94 bits per heavy atom. The van der Waals surface area contributed by atoms with Crippen LogP contribution in [0.4, 0.5) is 4.39 Å². The molecule has 0 radical (unpaired) electrons. The van der Waals surface area contributed by atoms with Crippen LogP contribution in [0, 0.1) is 5.82 Å². The van der Waals surface area contributed by atoms with Gasteiger partial charge in [0.1, 0.15) is 5.82 Å². The largest absolute Gasteiger partial charge is 0.383 e. The van der Waals surface area contributed by atoms with Crippen LogP contribution in [0.2, 0.25) is 0 Å². The molecule has 0 fully saturated rings. The summed E-state index contributed by atoms with van der Waals surface area (Å²) in [6.45, 7) is 0.366. The summed E-state index contributed by atoms with van der Waals surface area (Å²) in [7, 11) is 1.55. The van der Waals surface area contributed by atoms with Gasteiger partial charge in [0.15, 0.2) is 0 Å². The predicted molar refractivity (Wildman–Crippen MR) is 72.6 cm³/mol. The lowest BCUT2D eigenvalue weighted by molar-refractivity contribution is 0.0894. The van der Waals surface area contributed by atoms with Gasteiger partial charge in [-0.05, 0) is 34.5 Å². The van der Waals surface area contributed by atoms with E-state index in [-0.39, 0.29) is 22.0 Å². The Morgan fingerprint density at radius 2 is 2.33 bits per heavy atom. The van der Waals surface area contributed by atoms with Crippen molar-refractivity contribution in [3.05, 3.63) is 34.1 Å². The molecule has 1 N–H and O–H groups in total. The van der Waals surface area contributed by atoms with Crippen molar-refractivity contribution in [2.75, 3.05) is 19.6 Å². The summed E-state index contributed by atoms with van der Waals surface area (Å²) in [5.41, 5.74) is 0.255. The second kappa shape index (κ2) is 7.71. The SMILES string of the molecule is COCC(CCCl)NC(=O)c1cccc(F)c1Br. The van der Waals surface area contributed by atoms with Gasteiger partial charge in [-0.2, -0.15) is 0 Å². The molecule has 1 rings (SSSR count). The summed E-state index contributed by atoms with van der Waals surface area (Å²) in [5.74, 6) is -0.407. The van der Waals surface area contributed by atoms with Crippen LogP contribution in [0.25, 0.3) is 0 Å². The van der Waals surface area contributed by atoms with E-state index in [0.717, 1.165) is 0 Å². The fourth-order valence-electron chi connectivity index (χ4n) is 1.47. The van der Waals surface area contributed by atoms with Crippen LogP contribution in [0.1, 0.15) is 16.8 Å². The van der Waals surface area contributed by atoms with Crippen molar-refractivity contribution in [3.63, 3.8) is 0 Å². The highest BCUT2D eigenvalue weighted by Crippen LogP contribution is 2.20. The Hall–Kier alpha value is -0.650. The van der Waals surface area contributed by atoms with Crippen LogP contribution in [-0.2, 0) is 4.74 Å². The summed E-state index contributed by atoms with van der Waals surface area (Å²) in [5, 5.41) is 2.76. The molecule has 1 atom stereocenters. The number of ether oxygens (including phenoxy) is 1. The van der Waals surface area contributed by atoms with Gasteiger partial charge in [0.25, 0.3) is 5.91 Å². The van der Waals surface area contributed by atoms with Crippen LogP contribution < -0.4 is 5.32 Å². The summed E-state index contributed by atoms with van der Waals surface area (Å²) in [4.78, 5) is 12.0. The molecule has 0 saturated carbocycles. The quantitative estimate of drug-likeness (QED) is 0.810. The number of alkyl halides is 1. The summed E-state index contributed by atoms with van der Waals surface area (Å²) in [6.07, 6.45) is 0.591. The third-order valence-electron chi connectivity index (χ3n) is 2.36. The number of rotatable bonds is 6. The maximum atomic E-state index is 13.3. The first-order valence-corrected chi connectivity index (χ1v) is 6.72. The topological polar surface area (TPSA) is 38.3 Å². The molecule has 18 heavy (non-hydrogen) atoms. The fraction of sp³-hybridized carbons (Fsp3) is 0.417. The average molecular weight is 339 g/mol. The number of nitrogens with one attached hydrogen (secondary N) is 1. The fourth-order valence-corrected chi connectivity index (χ4v) is 2.18. The maximum absolute atomic E-state index is 13.3. The standard InChI is InChI=1S/C12H14BrClFNO2/c1-18-7-8(5-6-14)16-12(17)9-3-2-4-10(15)11(9)13/h2-4,8H,5-7H2,1H3,(H,16,17). The molecule has 6 heteroatoms. The van der Waals surface area contributed by atoms with Crippen molar-refractivity contribution < 1.29 is 13.9 Å². The number of carbonyl (C=O) groups is 1. The van der Waals surface area contributed by atoms with Gasteiger partial charge in [0.2, 0.25) is 0 Å². The van der Waals surface area contributed by atoms with Gasteiger partial charge < -0.3 is 10.1 Å². The first kappa shape index (κ1) is 15.4. The molecule has 0 aliphatic carbocycles. The van der Waals surface area contributed by atoms with Gasteiger partial charge in [0.05, 0.1) is 22.7 Å². The Kier molecular flexibility index (Phi) is 6.60. The van der Waals surface area contributed by atoms with E-state index >= 15 is 0 Å². The number of methoxy groups -OCH3 is 1. The molecule has 1 aromatic carbocycles. The van der Waals surface area contributed by atoms with Crippen molar-refractivity contribution in [2.45, 2.75) is 12.5 Å². The molecule has 0 spiro atoms. The van der Waals surface area contributed by atoms with Gasteiger partial charge in [-0.3, -0.25) is 4.79 Å². The van der Waals surface area contributed by atoms with E-state index in [2.05, 4.69) is 21.2 Å². The Morgan fingerprint density at radius 1 is 1.61 bits per heavy atom. The predicted octanol–water partition coefficient (Wildman–Crippen LogP) is 2.96. The first-order chi connectivity index (χ1) is 8.60. The molecule has 0 aliphatic heterocycles. The van der Waals surface area contributed by atoms with Crippen molar-refractivity contribution in [1.82, 2.24) is 5.32 Å². The van der Waals surface area contributed by atoms with Crippen molar-refractivity contribution in [1.29, 1.82) is 0 Å².